The number of rotatable bonds is 6. The Hall–Kier alpha value is -0.670. The van der Waals surface area contributed by atoms with E-state index in [9.17, 15) is 4.79 Å². The van der Waals surface area contributed by atoms with E-state index in [0.717, 1.165) is 0 Å². The Morgan fingerprint density at radius 3 is 1.75 bits per heavy atom. The summed E-state index contributed by atoms with van der Waals surface area (Å²) in [6, 6.07) is 7.97. The molecule has 0 radical (unpaired) electrons. The molecule has 132 valence electrons. The van der Waals surface area contributed by atoms with Gasteiger partial charge in [-0.1, -0.05) is 18.2 Å². The molecule has 0 heterocycles. The molecule has 0 aliphatic heterocycles. The minimum absolute atomic E-state index is 0. The maximum atomic E-state index is 12.3. The van der Waals surface area contributed by atoms with Crippen LogP contribution < -0.4 is 56.3 Å². The number of carbonyl (C=O) groups excluding carboxylic acids is 1. The first-order valence-electron chi connectivity index (χ1n) is 6.59. The second-order valence-corrected chi connectivity index (χ2v) is 5.55. The van der Waals surface area contributed by atoms with Crippen LogP contribution in [0, 0.1) is 0 Å². The van der Waals surface area contributed by atoms with Gasteiger partial charge in [-0.15, -0.1) is 0 Å². The van der Waals surface area contributed by atoms with Gasteiger partial charge in [-0.3, -0.25) is 0 Å². The summed E-state index contributed by atoms with van der Waals surface area (Å²) in [5.41, 5.74) is 42.5. The third kappa shape index (κ3) is 3.94. The molecular formula is C12H26N9NaO2. The predicted octanol–water partition coefficient (Wildman–Crippen LogP) is -5.64. The van der Waals surface area contributed by atoms with E-state index >= 15 is 0 Å². The first kappa shape index (κ1) is 23.3. The van der Waals surface area contributed by atoms with Crippen molar-refractivity contribution in [1.29, 1.82) is 0 Å². The summed E-state index contributed by atoms with van der Waals surface area (Å²) in [7, 11) is 0. The molecule has 0 bridgehead atoms. The summed E-state index contributed by atoms with van der Waals surface area (Å²) in [4.78, 5) is 12.3. The molecule has 0 amide bonds. The van der Waals surface area contributed by atoms with Crippen molar-refractivity contribution in [2.75, 3.05) is 6.54 Å². The first-order valence-corrected chi connectivity index (χ1v) is 6.59. The van der Waals surface area contributed by atoms with Gasteiger partial charge in [0.25, 0.3) is 0 Å². The average molecular weight is 351 g/mol. The molecule has 0 aromatic heterocycles. The molecule has 24 heavy (non-hydrogen) atoms. The molecule has 0 fully saturated rings. The van der Waals surface area contributed by atoms with E-state index in [4.69, 9.17) is 56.3 Å². The van der Waals surface area contributed by atoms with Gasteiger partial charge >= 0.3 is 35.5 Å². The summed E-state index contributed by atoms with van der Waals surface area (Å²) in [6.45, 7) is -0.403. The Kier molecular flexibility index (Phi) is 7.48. The summed E-state index contributed by atoms with van der Waals surface area (Å²) >= 11 is 0. The number of nitrogens with two attached hydrogens (primary N) is 9. The normalized spacial score (nSPS) is 13.2. The van der Waals surface area contributed by atoms with Crippen LogP contribution in [0.4, 0.5) is 0 Å². The van der Waals surface area contributed by atoms with E-state index in [1.165, 1.54) is 12.1 Å². The van der Waals surface area contributed by atoms with Crippen LogP contribution in [0.5, 0.6) is 5.75 Å². The summed E-state index contributed by atoms with van der Waals surface area (Å²) < 4.78 is 5.03. The zero-order valence-corrected chi connectivity index (χ0v) is 12.6. The molecule has 0 atom stereocenters. The van der Waals surface area contributed by atoms with Crippen LogP contribution in [-0.4, -0.2) is 64.7 Å². The Morgan fingerprint density at radius 2 is 1.33 bits per heavy atom. The van der Waals surface area contributed by atoms with Crippen LogP contribution in [0.3, 0.4) is 0 Å². The number of hydrogen-bond donors (Lipinski definition) is 9. The second kappa shape index (κ2) is 7.70. The van der Waals surface area contributed by atoms with E-state index < -0.39 is 35.2 Å². The van der Waals surface area contributed by atoms with E-state index in [0.29, 0.717) is 0 Å². The van der Waals surface area contributed by atoms with Gasteiger partial charge in [-0.25, -0.2) is 4.79 Å². The Morgan fingerprint density at radius 1 is 0.875 bits per heavy atom. The topological polar surface area (TPSA) is 260 Å². The third-order valence-electron chi connectivity index (χ3n) is 3.77. The average Bonchev–Trinajstić information content (AvgIpc) is 2.47. The third-order valence-corrected chi connectivity index (χ3v) is 3.77. The Balaban J connectivity index is 0.00000529. The van der Waals surface area contributed by atoms with Crippen molar-refractivity contribution in [2.45, 2.75) is 22.7 Å². The summed E-state index contributed by atoms with van der Waals surface area (Å²) in [5, 5.41) is 0. The molecule has 11 nitrogen and oxygen atoms in total. The van der Waals surface area contributed by atoms with E-state index in [1.54, 1.807) is 18.2 Å². The quantitative estimate of drug-likeness (QED) is 0.101. The van der Waals surface area contributed by atoms with Crippen LogP contribution >= 0.6 is 0 Å². The fraction of sp³-hybridized carbons (Fsp3) is 0.417. The summed E-state index contributed by atoms with van der Waals surface area (Å²) in [6.07, 6.45) is 0. The van der Waals surface area contributed by atoms with Crippen molar-refractivity contribution in [3.05, 3.63) is 30.3 Å². The molecular weight excluding hydrogens is 325 g/mol. The zero-order valence-electron chi connectivity index (χ0n) is 12.6. The van der Waals surface area contributed by atoms with Crippen LogP contribution in [0.1, 0.15) is 0 Å². The molecule has 1 aromatic carbocycles. The number of hydrogen-bond acceptors (Lipinski definition) is 11. The van der Waals surface area contributed by atoms with E-state index in [2.05, 4.69) is 0 Å². The van der Waals surface area contributed by atoms with Gasteiger partial charge in [-0.2, -0.15) is 0 Å². The van der Waals surface area contributed by atoms with Crippen LogP contribution in [0.2, 0.25) is 0 Å². The van der Waals surface area contributed by atoms with Gasteiger partial charge < -0.3 is 56.3 Å². The molecule has 1 rings (SSSR count). The number of carbonyl (C=O) groups is 1. The molecule has 18 N–H and O–H groups in total. The van der Waals surface area contributed by atoms with Crippen molar-refractivity contribution < 1.29 is 9.53 Å². The minimum atomic E-state index is -2.52. The molecule has 0 saturated carbocycles. The van der Waals surface area contributed by atoms with E-state index in [-0.39, 0.29) is 35.3 Å². The van der Waals surface area contributed by atoms with Crippen molar-refractivity contribution in [3.8, 4) is 5.75 Å². The van der Waals surface area contributed by atoms with Crippen LogP contribution in [0.15, 0.2) is 30.3 Å². The van der Waals surface area contributed by atoms with Crippen LogP contribution in [0.25, 0.3) is 0 Å². The molecule has 0 saturated heterocycles. The van der Waals surface area contributed by atoms with Gasteiger partial charge in [-0.05, 0) is 12.1 Å². The zero-order chi connectivity index (χ0) is 18.1. The van der Waals surface area contributed by atoms with Gasteiger partial charge in [0.1, 0.15) is 22.7 Å². The van der Waals surface area contributed by atoms with Crippen molar-refractivity contribution in [3.63, 3.8) is 0 Å². The fourth-order valence-electron chi connectivity index (χ4n) is 1.75. The standard InChI is InChI=1S/C12H25N9O2.Na.H/c13-6-9(14,15)11(18,19)12(20,21)10(16,17)8(22)23-7-4-2-1-3-5-7;;/h1-5H,6,13-21H2;;. The first-order chi connectivity index (χ1) is 10.3. The predicted molar refractivity (Wildman–Crippen MR) is 92.7 cm³/mol. The molecule has 0 unspecified atom stereocenters. The monoisotopic (exact) mass is 351 g/mol. The second-order valence-electron chi connectivity index (χ2n) is 5.55. The Bertz CT molecular complexity index is 563. The molecule has 0 spiro atoms. The molecule has 1 aromatic rings. The molecule has 12 heteroatoms. The van der Waals surface area contributed by atoms with Crippen molar-refractivity contribution in [1.82, 2.24) is 0 Å². The Labute approximate surface area is 161 Å². The van der Waals surface area contributed by atoms with Gasteiger partial charge in [0, 0.05) is 6.54 Å². The number of benzene rings is 1. The number of para-hydroxylation sites is 1. The maximum absolute atomic E-state index is 12.3. The van der Waals surface area contributed by atoms with Crippen molar-refractivity contribution in [2.24, 2.45) is 51.6 Å². The SMILES string of the molecule is NCC(N)(N)C(N)(N)C(N)(N)C(N)(N)C(=O)Oc1ccccc1.[NaH]. The van der Waals surface area contributed by atoms with E-state index in [1.807, 2.05) is 0 Å². The van der Waals surface area contributed by atoms with Gasteiger partial charge in [0.05, 0.1) is 0 Å². The molecule has 0 aliphatic carbocycles. The number of ether oxygens (including phenoxy) is 1. The van der Waals surface area contributed by atoms with Crippen LogP contribution in [-0.2, 0) is 4.79 Å². The van der Waals surface area contributed by atoms with Gasteiger partial charge in [0.15, 0.2) is 5.66 Å². The summed E-state index contributed by atoms with van der Waals surface area (Å²) in [5.74, 6) is -1.01. The van der Waals surface area contributed by atoms with Gasteiger partial charge in [0.2, 0.25) is 0 Å². The number of esters is 1. The van der Waals surface area contributed by atoms with Crippen molar-refractivity contribution >= 4 is 35.5 Å². The fourth-order valence-corrected chi connectivity index (χ4v) is 1.75. The molecule has 0 aliphatic rings.